The van der Waals surface area contributed by atoms with Crippen molar-refractivity contribution in [1.29, 1.82) is 0 Å². The Kier molecular flexibility index (Phi) is 7.55. The fourth-order valence-electron chi connectivity index (χ4n) is 5.00. The minimum atomic E-state index is -0.946. The maximum Gasteiger partial charge on any atom is 0.301 e. The number of fused-ring (bicyclic) bond motifs is 2. The summed E-state index contributed by atoms with van der Waals surface area (Å²) in [6.07, 6.45) is 3.04. The molecule has 0 radical (unpaired) electrons. The number of hydrogen-bond donors (Lipinski definition) is 1. The Morgan fingerprint density at radius 2 is 1.90 bits per heavy atom. The number of ketones is 1. The van der Waals surface area contributed by atoms with E-state index >= 15 is 0 Å². The zero-order valence-electron chi connectivity index (χ0n) is 22.3. The molecule has 1 amide bonds. The molecule has 2 aliphatic heterocycles. The number of ether oxygens (including phenoxy) is 3. The molecule has 8 nitrogen and oxygen atoms in total. The number of carbonyl (C=O) groups is 2. The zero-order valence-corrected chi connectivity index (χ0v) is 23.8. The minimum Gasteiger partial charge on any atom is -0.507 e. The van der Waals surface area contributed by atoms with Gasteiger partial charge in [-0.2, -0.15) is 0 Å². The number of nitrogens with zero attached hydrogens (tertiary/aromatic N) is 2. The molecule has 3 heterocycles. The van der Waals surface area contributed by atoms with Crippen molar-refractivity contribution in [3.8, 4) is 17.2 Å². The first-order valence-electron chi connectivity index (χ1n) is 13.4. The number of aliphatic hydroxyl groups excluding tert-OH is 1. The maximum absolute atomic E-state index is 13.6. The topological polar surface area (TPSA) is 98.2 Å². The Bertz CT molecular complexity index is 1680. The van der Waals surface area contributed by atoms with Gasteiger partial charge in [0.25, 0.3) is 5.78 Å². The van der Waals surface area contributed by atoms with E-state index in [1.165, 1.54) is 16.2 Å². The van der Waals surface area contributed by atoms with Gasteiger partial charge in [0, 0.05) is 10.6 Å². The Morgan fingerprint density at radius 1 is 1.07 bits per heavy atom. The first-order chi connectivity index (χ1) is 19.9. The molecule has 4 aromatic rings. The lowest BCUT2D eigenvalue weighted by Crippen LogP contribution is -2.29. The van der Waals surface area contributed by atoms with Crippen molar-refractivity contribution in [2.45, 2.75) is 32.2 Å². The summed E-state index contributed by atoms with van der Waals surface area (Å²) in [4.78, 5) is 33.3. The van der Waals surface area contributed by atoms with Gasteiger partial charge in [-0.15, -0.1) is 0 Å². The van der Waals surface area contributed by atoms with Crippen LogP contribution in [0.5, 0.6) is 17.2 Å². The smallest absolute Gasteiger partial charge is 0.301 e. The van der Waals surface area contributed by atoms with E-state index in [9.17, 15) is 14.7 Å². The third-order valence-corrected chi connectivity index (χ3v) is 8.25. The number of Topliss-reactive ketones (excluding diaryl/α,β-unsaturated/α-hetero) is 1. The van der Waals surface area contributed by atoms with Crippen LogP contribution in [0.15, 0.2) is 66.2 Å². The molecule has 6 rings (SSSR count). The van der Waals surface area contributed by atoms with Gasteiger partial charge in [0.05, 0.1) is 28.4 Å². The summed E-state index contributed by atoms with van der Waals surface area (Å²) in [5.74, 6) is -0.296. The molecule has 1 saturated heterocycles. The normalized spacial score (nSPS) is 17.8. The van der Waals surface area contributed by atoms with E-state index in [0.717, 1.165) is 24.0 Å². The maximum atomic E-state index is 13.6. The van der Waals surface area contributed by atoms with Gasteiger partial charge in [-0.1, -0.05) is 54.8 Å². The molecule has 1 N–H and O–H groups in total. The minimum absolute atomic E-state index is 0.0490. The van der Waals surface area contributed by atoms with E-state index in [-0.39, 0.29) is 11.3 Å². The number of halogens is 1. The first kappa shape index (κ1) is 27.1. The van der Waals surface area contributed by atoms with E-state index < -0.39 is 17.7 Å². The van der Waals surface area contributed by atoms with Crippen LogP contribution in [0.3, 0.4) is 0 Å². The average Bonchev–Trinajstić information content (AvgIpc) is 3.52. The average molecular weight is 591 g/mol. The Hall–Kier alpha value is -4.08. The molecule has 210 valence electrons. The standard InChI is InChI=1S/C31H27ClN2O6S/c1-2-3-4-12-38-21-7-5-6-18(15-21)27-26(28(35)19-8-11-23-24(16-19)40-14-13-39-23)29(36)30(37)34(27)31-33-22-10-9-20(32)17-25(22)41-31/h5-11,15-17,27,35H,2-4,12-14H2,1H3/b28-26-. The van der Waals surface area contributed by atoms with E-state index in [2.05, 4.69) is 11.9 Å². The van der Waals surface area contributed by atoms with Crippen molar-refractivity contribution in [3.63, 3.8) is 0 Å². The molecular weight excluding hydrogens is 564 g/mol. The predicted molar refractivity (Wildman–Crippen MR) is 158 cm³/mol. The quantitative estimate of drug-likeness (QED) is 0.103. The number of benzene rings is 3. The highest BCUT2D eigenvalue weighted by Crippen LogP contribution is 2.45. The molecule has 0 bridgehead atoms. The van der Waals surface area contributed by atoms with Crippen LogP contribution in [0.2, 0.25) is 5.02 Å². The van der Waals surface area contributed by atoms with Crippen LogP contribution in [0, 0.1) is 0 Å². The highest BCUT2D eigenvalue weighted by atomic mass is 35.5. The van der Waals surface area contributed by atoms with Crippen LogP contribution < -0.4 is 19.1 Å². The monoisotopic (exact) mass is 590 g/mol. The summed E-state index contributed by atoms with van der Waals surface area (Å²) in [5.41, 5.74) is 1.54. The molecule has 1 unspecified atom stereocenters. The number of hydrogen-bond acceptors (Lipinski definition) is 8. The van der Waals surface area contributed by atoms with E-state index in [0.29, 0.717) is 63.9 Å². The lowest BCUT2D eigenvalue weighted by molar-refractivity contribution is -0.132. The molecule has 0 saturated carbocycles. The van der Waals surface area contributed by atoms with Crippen LogP contribution >= 0.6 is 22.9 Å². The van der Waals surface area contributed by atoms with E-state index in [1.807, 2.05) is 18.2 Å². The summed E-state index contributed by atoms with van der Waals surface area (Å²) >= 11 is 7.45. The van der Waals surface area contributed by atoms with Gasteiger partial charge in [-0.25, -0.2) is 4.98 Å². The third-order valence-electron chi connectivity index (χ3n) is 7.00. The van der Waals surface area contributed by atoms with Gasteiger partial charge in [0.2, 0.25) is 0 Å². The van der Waals surface area contributed by atoms with Gasteiger partial charge >= 0.3 is 5.91 Å². The van der Waals surface area contributed by atoms with Crippen molar-refractivity contribution in [3.05, 3.63) is 82.4 Å². The Balaban J connectivity index is 1.48. The van der Waals surface area contributed by atoms with Crippen molar-refractivity contribution >= 4 is 55.7 Å². The molecule has 1 aromatic heterocycles. The van der Waals surface area contributed by atoms with Gasteiger partial charge < -0.3 is 19.3 Å². The number of thiazole rings is 1. The molecular formula is C31H27ClN2O6S. The van der Waals surface area contributed by atoms with Gasteiger partial charge in [0.1, 0.15) is 24.7 Å². The third kappa shape index (κ3) is 5.23. The highest BCUT2D eigenvalue weighted by Gasteiger charge is 2.48. The number of carbonyl (C=O) groups excluding carboxylic acids is 2. The summed E-state index contributed by atoms with van der Waals surface area (Å²) < 4.78 is 18.0. The summed E-state index contributed by atoms with van der Waals surface area (Å²) in [7, 11) is 0. The summed E-state index contributed by atoms with van der Waals surface area (Å²) in [6.45, 7) is 3.47. The Morgan fingerprint density at radius 3 is 2.73 bits per heavy atom. The second-order valence-corrected chi connectivity index (χ2v) is 11.2. The lowest BCUT2D eigenvalue weighted by atomic mass is 9.95. The number of amides is 1. The van der Waals surface area contributed by atoms with E-state index in [4.69, 9.17) is 25.8 Å². The van der Waals surface area contributed by atoms with Crippen molar-refractivity contribution < 1.29 is 28.9 Å². The predicted octanol–water partition coefficient (Wildman–Crippen LogP) is 6.92. The molecule has 10 heteroatoms. The molecule has 0 spiro atoms. The molecule has 1 fully saturated rings. The zero-order chi connectivity index (χ0) is 28.5. The second-order valence-electron chi connectivity index (χ2n) is 9.76. The number of rotatable bonds is 8. The first-order valence-corrected chi connectivity index (χ1v) is 14.6. The number of aromatic nitrogens is 1. The molecule has 41 heavy (non-hydrogen) atoms. The van der Waals surface area contributed by atoms with Crippen LogP contribution in [-0.4, -0.2) is 41.6 Å². The van der Waals surface area contributed by atoms with E-state index in [1.54, 1.807) is 42.5 Å². The molecule has 2 aliphatic rings. The molecule has 0 aliphatic carbocycles. The van der Waals surface area contributed by atoms with Gasteiger partial charge in [-0.3, -0.25) is 14.5 Å². The number of unbranched alkanes of at least 4 members (excludes halogenated alkanes) is 2. The van der Waals surface area contributed by atoms with Crippen LogP contribution in [0.1, 0.15) is 43.4 Å². The van der Waals surface area contributed by atoms with Crippen molar-refractivity contribution in [2.75, 3.05) is 24.7 Å². The largest absolute Gasteiger partial charge is 0.507 e. The number of anilines is 1. The van der Waals surface area contributed by atoms with Crippen molar-refractivity contribution in [1.82, 2.24) is 4.98 Å². The molecule has 1 atom stereocenters. The number of aliphatic hydroxyl groups is 1. The van der Waals surface area contributed by atoms with Crippen LogP contribution in [0.25, 0.3) is 16.0 Å². The van der Waals surface area contributed by atoms with Gasteiger partial charge in [0.15, 0.2) is 16.6 Å². The van der Waals surface area contributed by atoms with Crippen molar-refractivity contribution in [2.24, 2.45) is 0 Å². The van der Waals surface area contributed by atoms with Crippen LogP contribution in [-0.2, 0) is 9.59 Å². The summed E-state index contributed by atoms with van der Waals surface area (Å²) in [6, 6.07) is 16.5. The SMILES string of the molecule is CCCCCOc1cccc(C2/C(=C(/O)c3ccc4c(c3)OCCO4)C(=O)C(=O)N2c2nc3ccc(Cl)cc3s2)c1. The fourth-order valence-corrected chi connectivity index (χ4v) is 6.27. The lowest BCUT2D eigenvalue weighted by Gasteiger charge is -2.24. The fraction of sp³-hybridized carbons (Fsp3) is 0.258. The second kappa shape index (κ2) is 11.4. The molecule has 3 aromatic carbocycles. The summed E-state index contributed by atoms with van der Waals surface area (Å²) in [5, 5.41) is 12.4. The van der Waals surface area contributed by atoms with Crippen LogP contribution in [0.4, 0.5) is 5.13 Å². The van der Waals surface area contributed by atoms with Gasteiger partial charge in [-0.05, 0) is 60.5 Å². The Labute approximate surface area is 245 Å². The highest BCUT2D eigenvalue weighted by molar-refractivity contribution is 7.22.